The average molecular weight is 208 g/mol. The van der Waals surface area contributed by atoms with Gasteiger partial charge >= 0.3 is 0 Å². The maximum atomic E-state index is 11.4. The minimum atomic E-state index is 0.0251. The molecular formula is C11H16N2O2. The van der Waals surface area contributed by atoms with E-state index in [-0.39, 0.29) is 12.0 Å². The van der Waals surface area contributed by atoms with Gasteiger partial charge in [0.05, 0.1) is 0 Å². The lowest BCUT2D eigenvalue weighted by atomic mass is 10.2. The Labute approximate surface area is 89.2 Å². The van der Waals surface area contributed by atoms with Gasteiger partial charge in [-0.3, -0.25) is 4.79 Å². The third-order valence-corrected chi connectivity index (χ3v) is 2.67. The fourth-order valence-electron chi connectivity index (χ4n) is 1.76. The third-order valence-electron chi connectivity index (χ3n) is 2.67. The van der Waals surface area contributed by atoms with Gasteiger partial charge in [0, 0.05) is 19.2 Å². The summed E-state index contributed by atoms with van der Waals surface area (Å²) in [6.45, 7) is 2.64. The maximum Gasteiger partial charge on any atom is 0.182 e. The van der Waals surface area contributed by atoms with E-state index in [4.69, 9.17) is 4.74 Å². The van der Waals surface area contributed by atoms with Crippen LogP contribution < -0.4 is 0 Å². The molecule has 1 aliphatic rings. The van der Waals surface area contributed by atoms with Crippen molar-refractivity contribution in [3.8, 4) is 0 Å². The SMILES string of the molecule is CCC(=O)c1ccn(C2CCCCO2)n1. The van der Waals surface area contributed by atoms with Crippen molar-refractivity contribution in [2.75, 3.05) is 6.61 Å². The van der Waals surface area contributed by atoms with Crippen LogP contribution in [0, 0.1) is 0 Å². The smallest absolute Gasteiger partial charge is 0.182 e. The summed E-state index contributed by atoms with van der Waals surface area (Å²) >= 11 is 0. The number of nitrogens with zero attached hydrogens (tertiary/aromatic N) is 2. The Hall–Kier alpha value is -1.16. The first-order chi connectivity index (χ1) is 7.31. The first kappa shape index (κ1) is 10.4. The molecule has 0 spiro atoms. The minimum absolute atomic E-state index is 0.0251. The van der Waals surface area contributed by atoms with Gasteiger partial charge in [-0.1, -0.05) is 6.92 Å². The lowest BCUT2D eigenvalue weighted by Crippen LogP contribution is -2.18. The molecule has 4 nitrogen and oxygen atoms in total. The van der Waals surface area contributed by atoms with Crippen molar-refractivity contribution in [2.24, 2.45) is 0 Å². The number of rotatable bonds is 3. The Morgan fingerprint density at radius 3 is 3.20 bits per heavy atom. The van der Waals surface area contributed by atoms with Crippen LogP contribution in [0.5, 0.6) is 0 Å². The molecule has 1 aliphatic heterocycles. The number of ether oxygens (including phenoxy) is 1. The van der Waals surface area contributed by atoms with Crippen LogP contribution in [0.1, 0.15) is 49.3 Å². The molecule has 0 saturated carbocycles. The van der Waals surface area contributed by atoms with Crippen molar-refractivity contribution in [1.29, 1.82) is 0 Å². The van der Waals surface area contributed by atoms with Crippen LogP contribution >= 0.6 is 0 Å². The maximum absolute atomic E-state index is 11.4. The van der Waals surface area contributed by atoms with Crippen molar-refractivity contribution in [3.05, 3.63) is 18.0 Å². The highest BCUT2D eigenvalue weighted by Crippen LogP contribution is 2.21. The van der Waals surface area contributed by atoms with Crippen molar-refractivity contribution in [3.63, 3.8) is 0 Å². The number of hydrogen-bond acceptors (Lipinski definition) is 3. The Morgan fingerprint density at radius 2 is 2.53 bits per heavy atom. The number of Topliss-reactive ketones (excluding diaryl/α,β-unsaturated/α-hetero) is 1. The average Bonchev–Trinajstić information content (AvgIpc) is 2.78. The van der Waals surface area contributed by atoms with E-state index in [0.29, 0.717) is 12.1 Å². The standard InChI is InChI=1S/C11H16N2O2/c1-2-10(14)9-6-7-13(12-9)11-5-3-4-8-15-11/h6-7,11H,2-5,8H2,1H3. The molecule has 1 fully saturated rings. The molecule has 4 heteroatoms. The molecule has 0 radical (unpaired) electrons. The van der Waals surface area contributed by atoms with E-state index in [1.165, 1.54) is 6.42 Å². The van der Waals surface area contributed by atoms with Crippen molar-refractivity contribution in [1.82, 2.24) is 9.78 Å². The number of ketones is 1. The number of aromatic nitrogens is 2. The molecule has 0 amide bonds. The molecule has 2 heterocycles. The van der Waals surface area contributed by atoms with E-state index in [0.717, 1.165) is 19.4 Å². The van der Waals surface area contributed by atoms with Crippen LogP contribution in [0.15, 0.2) is 12.3 Å². The van der Waals surface area contributed by atoms with Gasteiger partial charge in [-0.05, 0) is 25.3 Å². The number of hydrogen-bond donors (Lipinski definition) is 0. The van der Waals surface area contributed by atoms with Crippen LogP contribution in [0.3, 0.4) is 0 Å². The molecule has 1 saturated heterocycles. The highest BCUT2D eigenvalue weighted by atomic mass is 16.5. The van der Waals surface area contributed by atoms with Gasteiger partial charge < -0.3 is 4.74 Å². The summed E-state index contributed by atoms with van der Waals surface area (Å²) in [5.74, 6) is 0.0876. The summed E-state index contributed by atoms with van der Waals surface area (Å²) in [7, 11) is 0. The van der Waals surface area contributed by atoms with Crippen LogP contribution in [-0.4, -0.2) is 22.2 Å². The highest BCUT2D eigenvalue weighted by molar-refractivity contribution is 5.93. The van der Waals surface area contributed by atoms with E-state index < -0.39 is 0 Å². The molecule has 1 aromatic heterocycles. The Balaban J connectivity index is 2.08. The predicted molar refractivity (Wildman–Crippen MR) is 55.7 cm³/mol. The van der Waals surface area contributed by atoms with Crippen LogP contribution in [0.25, 0.3) is 0 Å². The summed E-state index contributed by atoms with van der Waals surface area (Å²) in [6, 6.07) is 1.77. The quantitative estimate of drug-likeness (QED) is 0.715. The molecule has 0 N–H and O–H groups in total. The minimum Gasteiger partial charge on any atom is -0.357 e. The largest absolute Gasteiger partial charge is 0.357 e. The third kappa shape index (κ3) is 2.26. The van der Waals surface area contributed by atoms with Crippen molar-refractivity contribution in [2.45, 2.75) is 38.8 Å². The van der Waals surface area contributed by atoms with Gasteiger partial charge in [0.2, 0.25) is 0 Å². The molecule has 0 aliphatic carbocycles. The fraction of sp³-hybridized carbons (Fsp3) is 0.636. The number of carbonyl (C=O) groups is 1. The van der Waals surface area contributed by atoms with Gasteiger partial charge in [0.15, 0.2) is 5.78 Å². The second kappa shape index (κ2) is 4.57. The van der Waals surface area contributed by atoms with Crippen LogP contribution in [0.4, 0.5) is 0 Å². The zero-order valence-electron chi connectivity index (χ0n) is 8.98. The molecule has 2 rings (SSSR count). The Morgan fingerprint density at radius 1 is 1.67 bits per heavy atom. The lowest BCUT2D eigenvalue weighted by molar-refractivity contribution is -0.0395. The fourth-order valence-corrected chi connectivity index (χ4v) is 1.76. The number of carbonyl (C=O) groups excluding carboxylic acids is 1. The summed E-state index contributed by atoms with van der Waals surface area (Å²) in [4.78, 5) is 11.4. The first-order valence-electron chi connectivity index (χ1n) is 5.51. The predicted octanol–water partition coefficient (Wildman–Crippen LogP) is 2.17. The molecule has 1 aromatic rings. The van der Waals surface area contributed by atoms with Gasteiger partial charge in [-0.25, -0.2) is 4.68 Å². The van der Waals surface area contributed by atoms with Gasteiger partial charge in [-0.2, -0.15) is 5.10 Å². The monoisotopic (exact) mass is 208 g/mol. The van der Waals surface area contributed by atoms with E-state index >= 15 is 0 Å². The normalized spacial score (nSPS) is 21.5. The summed E-state index contributed by atoms with van der Waals surface area (Å²) < 4.78 is 7.35. The van der Waals surface area contributed by atoms with E-state index in [1.807, 2.05) is 13.1 Å². The highest BCUT2D eigenvalue weighted by Gasteiger charge is 2.17. The van der Waals surface area contributed by atoms with E-state index in [2.05, 4.69) is 5.10 Å². The molecule has 0 bridgehead atoms. The molecule has 15 heavy (non-hydrogen) atoms. The Kier molecular flexibility index (Phi) is 3.16. The lowest BCUT2D eigenvalue weighted by Gasteiger charge is -2.22. The molecule has 1 atom stereocenters. The van der Waals surface area contributed by atoms with Crippen LogP contribution in [-0.2, 0) is 4.74 Å². The van der Waals surface area contributed by atoms with Gasteiger partial charge in [0.25, 0.3) is 0 Å². The second-order valence-electron chi connectivity index (χ2n) is 3.78. The van der Waals surface area contributed by atoms with Crippen molar-refractivity contribution >= 4 is 5.78 Å². The molecule has 0 aromatic carbocycles. The van der Waals surface area contributed by atoms with Crippen molar-refractivity contribution < 1.29 is 9.53 Å². The van der Waals surface area contributed by atoms with Crippen LogP contribution in [0.2, 0.25) is 0 Å². The summed E-state index contributed by atoms with van der Waals surface area (Å²) in [5.41, 5.74) is 0.548. The van der Waals surface area contributed by atoms with E-state index in [9.17, 15) is 4.79 Å². The molecule has 82 valence electrons. The summed E-state index contributed by atoms with van der Waals surface area (Å²) in [5, 5.41) is 4.25. The zero-order chi connectivity index (χ0) is 10.7. The molecule has 1 unspecified atom stereocenters. The summed E-state index contributed by atoms with van der Waals surface area (Å²) in [6.07, 6.45) is 5.64. The van der Waals surface area contributed by atoms with Gasteiger partial charge in [-0.15, -0.1) is 0 Å². The second-order valence-corrected chi connectivity index (χ2v) is 3.78. The molecular weight excluding hydrogens is 192 g/mol. The van der Waals surface area contributed by atoms with Gasteiger partial charge in [0.1, 0.15) is 11.9 Å². The van der Waals surface area contributed by atoms with E-state index in [1.54, 1.807) is 10.7 Å². The first-order valence-corrected chi connectivity index (χ1v) is 5.51. The zero-order valence-corrected chi connectivity index (χ0v) is 8.98. The topological polar surface area (TPSA) is 44.1 Å². The Bertz CT molecular complexity index is 340.